The Morgan fingerprint density at radius 3 is 2.60 bits per heavy atom. The molecule has 0 bridgehead atoms. The first kappa shape index (κ1) is 17.6. The summed E-state index contributed by atoms with van der Waals surface area (Å²) in [6.07, 6.45) is 1.26. The number of nitrogens with zero attached hydrogens (tertiary/aromatic N) is 3. The second-order valence-corrected chi connectivity index (χ2v) is 6.49. The first-order chi connectivity index (χ1) is 11.8. The zero-order chi connectivity index (χ0) is 18.0. The fraction of sp³-hybridized carbons (Fsp3) is 0.333. The lowest BCUT2D eigenvalue weighted by Crippen LogP contribution is -2.48. The van der Waals surface area contributed by atoms with Crippen LogP contribution in [0.1, 0.15) is 5.69 Å². The van der Waals surface area contributed by atoms with E-state index in [1.807, 2.05) is 37.3 Å². The summed E-state index contributed by atoms with van der Waals surface area (Å²) < 4.78 is 25.2. The van der Waals surface area contributed by atoms with Gasteiger partial charge < -0.3 is 9.80 Å². The lowest BCUT2D eigenvalue weighted by molar-refractivity contribution is -0.126. The summed E-state index contributed by atoms with van der Waals surface area (Å²) in [7, 11) is 0. The maximum atomic E-state index is 12.6. The molecule has 1 aromatic heterocycles. The second-order valence-electron chi connectivity index (χ2n) is 5.99. The molecule has 1 aliphatic heterocycles. The summed E-state index contributed by atoms with van der Waals surface area (Å²) in [5.41, 5.74) is 2.95. The standard InChI is InChI=1S/C18H18ClF2N3O/c1-13-12-16(14-4-2-3-5-15(14)22-13)23-8-10-24(11-9-23)17(25)6-7-18(19,20)21/h2-7,12H,8-11H2,1H3/b7-6+. The number of aromatic nitrogens is 1. The number of piperazine rings is 1. The zero-order valence-corrected chi connectivity index (χ0v) is 14.5. The third kappa shape index (κ3) is 4.25. The quantitative estimate of drug-likeness (QED) is 0.616. The number of anilines is 1. The number of hydrogen-bond donors (Lipinski definition) is 0. The van der Waals surface area contributed by atoms with Gasteiger partial charge in [-0.15, -0.1) is 0 Å². The molecule has 4 nitrogen and oxygen atoms in total. The third-order valence-corrected chi connectivity index (χ3v) is 4.30. The van der Waals surface area contributed by atoms with Crippen LogP contribution < -0.4 is 4.90 Å². The molecule has 1 aliphatic rings. The highest BCUT2D eigenvalue weighted by Crippen LogP contribution is 2.27. The minimum absolute atomic E-state index is 0.420. The van der Waals surface area contributed by atoms with Crippen LogP contribution in [0, 0.1) is 6.92 Å². The maximum absolute atomic E-state index is 12.6. The summed E-state index contributed by atoms with van der Waals surface area (Å²) in [5, 5.41) is -2.43. The Labute approximate surface area is 149 Å². The van der Waals surface area contributed by atoms with E-state index in [2.05, 4.69) is 9.88 Å². The van der Waals surface area contributed by atoms with Crippen LogP contribution in [0.4, 0.5) is 14.5 Å². The first-order valence-electron chi connectivity index (χ1n) is 8.00. The summed E-state index contributed by atoms with van der Waals surface area (Å²) in [6.45, 7) is 4.14. The van der Waals surface area contributed by atoms with Crippen LogP contribution in [0.25, 0.3) is 10.9 Å². The highest BCUT2D eigenvalue weighted by molar-refractivity contribution is 6.23. The number of alkyl halides is 3. The van der Waals surface area contributed by atoms with Crippen LogP contribution in [0.5, 0.6) is 0 Å². The SMILES string of the molecule is Cc1cc(N2CCN(C(=O)/C=C/C(F)(F)Cl)CC2)c2ccccc2n1. The minimum Gasteiger partial charge on any atom is -0.367 e. The Kier molecular flexibility index (Phi) is 4.90. The van der Waals surface area contributed by atoms with Gasteiger partial charge in [0.15, 0.2) is 0 Å². The molecule has 2 heterocycles. The van der Waals surface area contributed by atoms with Gasteiger partial charge >= 0.3 is 5.38 Å². The van der Waals surface area contributed by atoms with Gasteiger partial charge in [0.1, 0.15) is 0 Å². The summed E-state index contributed by atoms with van der Waals surface area (Å²) in [4.78, 5) is 20.3. The first-order valence-corrected chi connectivity index (χ1v) is 8.37. The van der Waals surface area contributed by atoms with Crippen LogP contribution in [0.15, 0.2) is 42.5 Å². The van der Waals surface area contributed by atoms with Crippen LogP contribution in [-0.2, 0) is 4.79 Å². The fourth-order valence-electron chi connectivity index (χ4n) is 2.99. The number of carbonyl (C=O) groups is 1. The Morgan fingerprint density at radius 1 is 1.24 bits per heavy atom. The summed E-state index contributed by atoms with van der Waals surface area (Å²) in [5.74, 6) is -0.448. The Balaban J connectivity index is 1.73. The highest BCUT2D eigenvalue weighted by Gasteiger charge is 2.24. The molecule has 1 saturated heterocycles. The molecule has 7 heteroatoms. The largest absolute Gasteiger partial charge is 0.367 e. The average molecular weight is 366 g/mol. The maximum Gasteiger partial charge on any atom is 0.341 e. The molecule has 1 fully saturated rings. The molecule has 25 heavy (non-hydrogen) atoms. The molecule has 1 aromatic carbocycles. The lowest BCUT2D eigenvalue weighted by atomic mass is 10.1. The molecule has 3 rings (SSSR count). The topological polar surface area (TPSA) is 36.4 Å². The predicted molar refractivity (Wildman–Crippen MR) is 95.2 cm³/mol. The van der Waals surface area contributed by atoms with Gasteiger partial charge in [-0.2, -0.15) is 8.78 Å². The van der Waals surface area contributed by atoms with Crippen LogP contribution in [-0.4, -0.2) is 47.4 Å². The zero-order valence-electron chi connectivity index (χ0n) is 13.8. The number of hydrogen-bond acceptors (Lipinski definition) is 3. The number of halogens is 3. The van der Waals surface area contributed by atoms with E-state index >= 15 is 0 Å². The normalized spacial score (nSPS) is 16.0. The van der Waals surface area contributed by atoms with Crippen molar-refractivity contribution in [1.82, 2.24) is 9.88 Å². The van der Waals surface area contributed by atoms with E-state index in [-0.39, 0.29) is 0 Å². The molecule has 132 valence electrons. The monoisotopic (exact) mass is 365 g/mol. The molecule has 1 amide bonds. The van der Waals surface area contributed by atoms with Crippen molar-refractivity contribution in [2.24, 2.45) is 0 Å². The van der Waals surface area contributed by atoms with Crippen molar-refractivity contribution in [3.63, 3.8) is 0 Å². The van der Waals surface area contributed by atoms with Crippen molar-refractivity contribution in [1.29, 1.82) is 0 Å². The molecule has 0 spiro atoms. The van der Waals surface area contributed by atoms with Gasteiger partial charge in [-0.3, -0.25) is 9.78 Å². The van der Waals surface area contributed by atoms with E-state index in [1.165, 1.54) is 0 Å². The van der Waals surface area contributed by atoms with Crippen molar-refractivity contribution < 1.29 is 13.6 Å². The lowest BCUT2D eigenvalue weighted by Gasteiger charge is -2.36. The third-order valence-electron chi connectivity index (χ3n) is 4.17. The number of amides is 1. The summed E-state index contributed by atoms with van der Waals surface area (Å²) in [6, 6.07) is 9.96. The van der Waals surface area contributed by atoms with Gasteiger partial charge in [-0.05, 0) is 30.7 Å². The van der Waals surface area contributed by atoms with Crippen LogP contribution >= 0.6 is 11.6 Å². The second kappa shape index (κ2) is 6.96. The van der Waals surface area contributed by atoms with E-state index in [0.29, 0.717) is 32.3 Å². The van der Waals surface area contributed by atoms with Gasteiger partial charge in [-0.25, -0.2) is 0 Å². The predicted octanol–water partition coefficient (Wildman–Crippen LogP) is 3.58. The van der Waals surface area contributed by atoms with E-state index in [9.17, 15) is 13.6 Å². The van der Waals surface area contributed by atoms with Crippen LogP contribution in [0.3, 0.4) is 0 Å². The molecule has 0 saturated carbocycles. The van der Waals surface area contributed by atoms with Gasteiger partial charge in [0.25, 0.3) is 0 Å². The number of aryl methyl sites for hydroxylation is 1. The smallest absolute Gasteiger partial charge is 0.341 e. The number of rotatable bonds is 3. The number of para-hydroxylation sites is 1. The Hall–Kier alpha value is -2.21. The average Bonchev–Trinajstić information content (AvgIpc) is 2.58. The van der Waals surface area contributed by atoms with E-state index in [1.54, 1.807) is 4.90 Å². The fourth-order valence-corrected chi connectivity index (χ4v) is 3.05. The Bertz CT molecular complexity index is 812. The molecule has 0 unspecified atom stereocenters. The molecule has 0 aliphatic carbocycles. The molecule has 2 aromatic rings. The minimum atomic E-state index is -3.50. The summed E-state index contributed by atoms with van der Waals surface area (Å²) >= 11 is 4.78. The number of benzene rings is 1. The number of carbonyl (C=O) groups excluding carboxylic acids is 1. The van der Waals surface area contributed by atoms with Gasteiger partial charge in [0.05, 0.1) is 5.52 Å². The molecular weight excluding hydrogens is 348 g/mol. The van der Waals surface area contributed by atoms with Crippen LogP contribution in [0.2, 0.25) is 0 Å². The number of fused-ring (bicyclic) bond motifs is 1. The molecular formula is C18H18ClF2N3O. The van der Waals surface area contributed by atoms with Gasteiger partial charge in [-0.1, -0.05) is 18.2 Å². The van der Waals surface area contributed by atoms with E-state index in [0.717, 1.165) is 28.4 Å². The van der Waals surface area contributed by atoms with Crippen molar-refractivity contribution in [3.8, 4) is 0 Å². The van der Waals surface area contributed by atoms with Crippen molar-refractivity contribution in [2.45, 2.75) is 12.3 Å². The van der Waals surface area contributed by atoms with Crippen molar-refractivity contribution in [3.05, 3.63) is 48.2 Å². The Morgan fingerprint density at radius 2 is 1.92 bits per heavy atom. The molecule has 0 radical (unpaired) electrons. The highest BCUT2D eigenvalue weighted by atomic mass is 35.5. The van der Waals surface area contributed by atoms with E-state index < -0.39 is 11.3 Å². The molecule has 0 atom stereocenters. The number of allylic oxidation sites excluding steroid dienone is 1. The molecule has 0 N–H and O–H groups in total. The van der Waals surface area contributed by atoms with Crippen molar-refractivity contribution >= 4 is 34.1 Å². The van der Waals surface area contributed by atoms with Crippen molar-refractivity contribution in [2.75, 3.05) is 31.1 Å². The van der Waals surface area contributed by atoms with E-state index in [4.69, 9.17) is 11.6 Å². The van der Waals surface area contributed by atoms with Gasteiger partial charge in [0, 0.05) is 55.1 Å². The van der Waals surface area contributed by atoms with Gasteiger partial charge in [0.2, 0.25) is 5.91 Å². The number of pyridine rings is 1.